The van der Waals surface area contributed by atoms with Crippen LogP contribution in [0.1, 0.15) is 19.8 Å². The number of carbonyl (C=O) groups is 3. The number of nitrogens with one attached hydrogen (secondary N) is 2. The molecule has 2 aliphatic rings. The molecule has 0 radical (unpaired) electrons. The van der Waals surface area contributed by atoms with Crippen LogP contribution in [0.25, 0.3) is 0 Å². The maximum atomic E-state index is 12.3. The monoisotopic (exact) mass is 254 g/mol. The highest BCUT2D eigenvalue weighted by molar-refractivity contribution is 5.93. The Morgan fingerprint density at radius 3 is 2.78 bits per heavy atom. The minimum absolute atomic E-state index is 0.0856. The van der Waals surface area contributed by atoms with Crippen LogP contribution in [0.5, 0.6) is 0 Å². The van der Waals surface area contributed by atoms with Gasteiger partial charge in [0.05, 0.1) is 0 Å². The lowest BCUT2D eigenvalue weighted by Crippen LogP contribution is -2.61. The molecule has 3 amide bonds. The summed E-state index contributed by atoms with van der Waals surface area (Å²) in [5.41, 5.74) is 0. The molecule has 0 aromatic rings. The van der Waals surface area contributed by atoms with Gasteiger partial charge in [-0.2, -0.15) is 0 Å². The summed E-state index contributed by atoms with van der Waals surface area (Å²) in [5, 5.41) is 8.23. The van der Waals surface area contributed by atoms with Gasteiger partial charge in [-0.25, -0.2) is 14.8 Å². The second kappa shape index (κ2) is 4.93. The van der Waals surface area contributed by atoms with Crippen LogP contribution in [0.2, 0.25) is 0 Å². The van der Waals surface area contributed by atoms with E-state index in [0.717, 1.165) is 6.42 Å². The minimum atomic E-state index is -0.522. The second-order valence-electron chi connectivity index (χ2n) is 4.60. The van der Waals surface area contributed by atoms with Crippen LogP contribution >= 0.6 is 0 Å². The van der Waals surface area contributed by atoms with Crippen LogP contribution in [0.3, 0.4) is 0 Å². The fourth-order valence-corrected chi connectivity index (χ4v) is 2.43. The third-order valence-electron chi connectivity index (χ3n) is 3.44. The molecule has 2 aliphatic heterocycles. The molecule has 0 aliphatic carbocycles. The van der Waals surface area contributed by atoms with E-state index in [4.69, 9.17) is 0 Å². The van der Waals surface area contributed by atoms with Crippen molar-refractivity contribution < 1.29 is 14.4 Å². The van der Waals surface area contributed by atoms with E-state index in [1.165, 1.54) is 16.9 Å². The number of nitrogens with zero attached hydrogens (tertiary/aromatic N) is 2. The molecule has 7 heteroatoms. The number of fused-ring (bicyclic) bond motifs is 1. The van der Waals surface area contributed by atoms with Crippen molar-refractivity contribution in [3.63, 3.8) is 0 Å². The largest absolute Gasteiger partial charge is 0.336 e. The molecule has 100 valence electrons. The lowest BCUT2D eigenvalue weighted by atomic mass is 10.0. The molecule has 2 atom stereocenters. The summed E-state index contributed by atoms with van der Waals surface area (Å²) < 4.78 is 0. The van der Waals surface area contributed by atoms with Crippen molar-refractivity contribution in [2.75, 3.05) is 20.1 Å². The first-order valence-electron chi connectivity index (χ1n) is 6.12. The summed E-state index contributed by atoms with van der Waals surface area (Å²) in [7, 11) is 1.66. The van der Waals surface area contributed by atoms with Gasteiger partial charge in [0.15, 0.2) is 5.78 Å². The van der Waals surface area contributed by atoms with Gasteiger partial charge in [-0.15, -0.1) is 0 Å². The highest BCUT2D eigenvalue weighted by Gasteiger charge is 2.42. The van der Waals surface area contributed by atoms with E-state index >= 15 is 0 Å². The summed E-state index contributed by atoms with van der Waals surface area (Å²) in [6, 6.07) is -1.32. The summed E-state index contributed by atoms with van der Waals surface area (Å²) in [6.45, 7) is 2.17. The molecule has 18 heavy (non-hydrogen) atoms. The van der Waals surface area contributed by atoms with Gasteiger partial charge < -0.3 is 10.6 Å². The standard InChI is InChI=1S/C11H18N4O3/c1-7(16)9-4-3-5-14-11(18)13-6-8(12-2)10(17)15(9)14/h8-9,12H,3-6H2,1-2H3,(H,13,18)/t8-,9-/m0/s1. The molecule has 0 aromatic heterocycles. The third kappa shape index (κ3) is 2.05. The maximum Gasteiger partial charge on any atom is 0.336 e. The maximum absolute atomic E-state index is 12.3. The van der Waals surface area contributed by atoms with Crippen molar-refractivity contribution in [1.82, 2.24) is 20.7 Å². The Morgan fingerprint density at radius 1 is 1.44 bits per heavy atom. The van der Waals surface area contributed by atoms with Gasteiger partial charge in [0.25, 0.3) is 5.91 Å². The quantitative estimate of drug-likeness (QED) is 0.669. The Balaban J connectivity index is 2.34. The van der Waals surface area contributed by atoms with Crippen molar-refractivity contribution in [3.8, 4) is 0 Å². The molecule has 2 saturated heterocycles. The van der Waals surface area contributed by atoms with Gasteiger partial charge >= 0.3 is 6.03 Å². The van der Waals surface area contributed by atoms with E-state index in [1.54, 1.807) is 7.05 Å². The van der Waals surface area contributed by atoms with Crippen LogP contribution in [-0.2, 0) is 9.59 Å². The smallest absolute Gasteiger partial charge is 0.334 e. The van der Waals surface area contributed by atoms with Crippen LogP contribution < -0.4 is 10.6 Å². The molecule has 7 nitrogen and oxygen atoms in total. The minimum Gasteiger partial charge on any atom is -0.334 e. The average molecular weight is 254 g/mol. The van der Waals surface area contributed by atoms with E-state index < -0.39 is 12.1 Å². The van der Waals surface area contributed by atoms with Gasteiger partial charge in [0.2, 0.25) is 0 Å². The Labute approximate surface area is 105 Å². The predicted octanol–water partition coefficient (Wildman–Crippen LogP) is -0.905. The zero-order valence-electron chi connectivity index (χ0n) is 10.6. The molecular formula is C11H18N4O3. The number of amides is 3. The molecule has 0 unspecified atom stereocenters. The normalized spacial score (nSPS) is 28.6. The summed E-state index contributed by atoms with van der Waals surface area (Å²) in [5.74, 6) is -0.312. The highest BCUT2D eigenvalue weighted by atomic mass is 16.2. The Bertz CT molecular complexity index is 384. The number of rotatable bonds is 2. The second-order valence-corrected chi connectivity index (χ2v) is 4.60. The van der Waals surface area contributed by atoms with Crippen LogP contribution in [0.15, 0.2) is 0 Å². The van der Waals surface area contributed by atoms with Crippen LogP contribution in [0.4, 0.5) is 4.79 Å². The number of hydrazine groups is 1. The van der Waals surface area contributed by atoms with Gasteiger partial charge in [-0.05, 0) is 26.8 Å². The summed E-state index contributed by atoms with van der Waals surface area (Å²) >= 11 is 0. The van der Waals surface area contributed by atoms with Gasteiger partial charge in [0, 0.05) is 13.1 Å². The van der Waals surface area contributed by atoms with Gasteiger partial charge in [-0.1, -0.05) is 0 Å². The van der Waals surface area contributed by atoms with E-state index in [-0.39, 0.29) is 24.3 Å². The lowest BCUT2D eigenvalue weighted by Gasteiger charge is -2.42. The van der Waals surface area contributed by atoms with Crippen LogP contribution in [-0.4, -0.2) is 60.0 Å². The van der Waals surface area contributed by atoms with E-state index in [0.29, 0.717) is 13.0 Å². The van der Waals surface area contributed by atoms with E-state index in [9.17, 15) is 14.4 Å². The van der Waals surface area contributed by atoms with E-state index in [1.807, 2.05) is 0 Å². The molecule has 2 heterocycles. The van der Waals surface area contributed by atoms with E-state index in [2.05, 4.69) is 10.6 Å². The number of Topliss-reactive ketones (excluding diaryl/α,β-unsaturated/α-hetero) is 1. The zero-order chi connectivity index (χ0) is 13.3. The molecule has 0 bridgehead atoms. The van der Waals surface area contributed by atoms with Gasteiger partial charge in [0.1, 0.15) is 12.1 Å². The number of hydrogen-bond donors (Lipinski definition) is 2. The number of hydrogen-bond acceptors (Lipinski definition) is 4. The van der Waals surface area contributed by atoms with Crippen LogP contribution in [0, 0.1) is 0 Å². The lowest BCUT2D eigenvalue weighted by molar-refractivity contribution is -0.159. The Hall–Kier alpha value is -1.63. The molecule has 2 rings (SSSR count). The predicted molar refractivity (Wildman–Crippen MR) is 63.5 cm³/mol. The number of ketones is 1. The Kier molecular flexibility index (Phi) is 3.51. The first kappa shape index (κ1) is 12.8. The van der Waals surface area contributed by atoms with Crippen molar-refractivity contribution in [2.45, 2.75) is 31.8 Å². The van der Waals surface area contributed by atoms with Crippen molar-refractivity contribution in [1.29, 1.82) is 0 Å². The molecule has 0 spiro atoms. The number of urea groups is 1. The summed E-state index contributed by atoms with van der Waals surface area (Å²) in [4.78, 5) is 35.9. The molecular weight excluding hydrogens is 236 g/mol. The highest BCUT2D eigenvalue weighted by Crippen LogP contribution is 2.21. The average Bonchev–Trinajstić information content (AvgIpc) is 2.48. The Morgan fingerprint density at radius 2 is 2.17 bits per heavy atom. The topological polar surface area (TPSA) is 81.8 Å². The number of likely N-dealkylation sites (N-methyl/N-ethyl adjacent to an activating group) is 1. The zero-order valence-corrected chi connectivity index (χ0v) is 10.6. The summed E-state index contributed by atoms with van der Waals surface area (Å²) in [6.07, 6.45) is 1.34. The fourth-order valence-electron chi connectivity index (χ4n) is 2.43. The number of carbonyl (C=O) groups excluding carboxylic acids is 3. The molecule has 2 N–H and O–H groups in total. The van der Waals surface area contributed by atoms with Crippen molar-refractivity contribution >= 4 is 17.7 Å². The SMILES string of the molecule is CN[C@H]1CNC(=O)N2CCC[C@@H](C(C)=O)N2C1=O. The first-order valence-corrected chi connectivity index (χ1v) is 6.12. The van der Waals surface area contributed by atoms with Crippen molar-refractivity contribution in [2.24, 2.45) is 0 Å². The molecule has 0 saturated carbocycles. The molecule has 2 fully saturated rings. The molecule has 0 aromatic carbocycles. The van der Waals surface area contributed by atoms with Gasteiger partial charge in [-0.3, -0.25) is 9.59 Å². The first-order chi connectivity index (χ1) is 8.56. The fraction of sp³-hybridized carbons (Fsp3) is 0.727. The van der Waals surface area contributed by atoms with Crippen molar-refractivity contribution in [3.05, 3.63) is 0 Å². The third-order valence-corrected chi connectivity index (χ3v) is 3.44.